The summed E-state index contributed by atoms with van der Waals surface area (Å²) in [4.78, 5) is 0. The summed E-state index contributed by atoms with van der Waals surface area (Å²) in [5, 5.41) is 1.48. The maximum Gasteiger partial charge on any atom is 0.0135 e. The van der Waals surface area contributed by atoms with E-state index in [0.717, 1.165) is 23.3 Å². The maximum atomic E-state index is 3.73. The molecule has 82 valence electrons. The zero-order chi connectivity index (χ0) is 10.8. The van der Waals surface area contributed by atoms with E-state index in [9.17, 15) is 0 Å². The second-order valence-corrected chi connectivity index (χ2v) is 6.28. The first-order valence-corrected chi connectivity index (χ1v) is 7.27. The molecule has 0 fully saturated rings. The van der Waals surface area contributed by atoms with Gasteiger partial charge in [-0.2, -0.15) is 23.5 Å². The molecule has 0 aliphatic rings. The Labute approximate surface area is 97.6 Å². The van der Waals surface area contributed by atoms with Crippen LogP contribution >= 0.6 is 23.5 Å². The number of rotatable bonds is 9. The Morgan fingerprint density at radius 2 is 1.29 bits per heavy atom. The quantitative estimate of drug-likeness (QED) is 0.426. The highest BCUT2D eigenvalue weighted by atomic mass is 32.2. The van der Waals surface area contributed by atoms with Crippen molar-refractivity contribution in [1.29, 1.82) is 0 Å². The minimum Gasteiger partial charge on any atom is -0.157 e. The zero-order valence-corrected chi connectivity index (χ0v) is 11.0. The van der Waals surface area contributed by atoms with Gasteiger partial charge in [-0.05, 0) is 24.3 Å². The van der Waals surface area contributed by atoms with Gasteiger partial charge in [-0.15, -0.1) is 13.2 Å². The van der Waals surface area contributed by atoms with Crippen molar-refractivity contribution in [1.82, 2.24) is 0 Å². The summed E-state index contributed by atoms with van der Waals surface area (Å²) in [7, 11) is 0. The second-order valence-electron chi connectivity index (χ2n) is 3.31. The summed E-state index contributed by atoms with van der Waals surface area (Å²) in [6, 6.07) is 0. The van der Waals surface area contributed by atoms with Gasteiger partial charge < -0.3 is 0 Å². The van der Waals surface area contributed by atoms with Gasteiger partial charge in [0, 0.05) is 10.5 Å². The third-order valence-electron chi connectivity index (χ3n) is 2.07. The molecule has 2 unspecified atom stereocenters. The van der Waals surface area contributed by atoms with Crippen molar-refractivity contribution in [3.05, 3.63) is 25.3 Å². The highest BCUT2D eigenvalue weighted by Crippen LogP contribution is 2.25. The Morgan fingerprint density at radius 1 is 0.929 bits per heavy atom. The van der Waals surface area contributed by atoms with Crippen molar-refractivity contribution < 1.29 is 0 Å². The van der Waals surface area contributed by atoms with Crippen LogP contribution in [0.25, 0.3) is 0 Å². The fraction of sp³-hybridized carbons (Fsp3) is 0.667. The van der Waals surface area contributed by atoms with Crippen molar-refractivity contribution in [2.45, 2.75) is 37.2 Å². The molecule has 0 saturated carbocycles. The molecular formula is C12H22S2. The van der Waals surface area contributed by atoms with Crippen molar-refractivity contribution in [2.75, 3.05) is 11.5 Å². The van der Waals surface area contributed by atoms with E-state index in [0.29, 0.717) is 0 Å². The van der Waals surface area contributed by atoms with Crippen LogP contribution in [0.2, 0.25) is 0 Å². The number of hydrogen-bond acceptors (Lipinski definition) is 2. The van der Waals surface area contributed by atoms with Gasteiger partial charge >= 0.3 is 0 Å². The van der Waals surface area contributed by atoms with Gasteiger partial charge in [0.2, 0.25) is 0 Å². The highest BCUT2D eigenvalue weighted by Gasteiger charge is 2.11. The van der Waals surface area contributed by atoms with E-state index in [4.69, 9.17) is 0 Å². The van der Waals surface area contributed by atoms with E-state index in [-0.39, 0.29) is 0 Å². The second kappa shape index (κ2) is 9.72. The summed E-state index contributed by atoms with van der Waals surface area (Å²) in [5.74, 6) is 2.41. The van der Waals surface area contributed by atoms with Gasteiger partial charge in [0.25, 0.3) is 0 Å². The van der Waals surface area contributed by atoms with E-state index in [1.165, 1.54) is 11.5 Å². The fourth-order valence-corrected chi connectivity index (χ4v) is 3.31. The van der Waals surface area contributed by atoms with Gasteiger partial charge in [-0.25, -0.2) is 0 Å². The van der Waals surface area contributed by atoms with E-state index < -0.39 is 0 Å². The third kappa shape index (κ3) is 7.57. The lowest BCUT2D eigenvalue weighted by atomic mass is 10.4. The highest BCUT2D eigenvalue weighted by molar-refractivity contribution is 8.03. The number of hydrogen-bond donors (Lipinski definition) is 0. The predicted octanol–water partition coefficient (Wildman–Crippen LogP) is 4.38. The molecule has 0 aromatic heterocycles. The van der Waals surface area contributed by atoms with Gasteiger partial charge in [-0.1, -0.05) is 26.0 Å². The molecule has 0 aromatic carbocycles. The van der Waals surface area contributed by atoms with E-state index in [2.05, 4.69) is 27.0 Å². The smallest absolute Gasteiger partial charge is 0.0135 e. The summed E-state index contributed by atoms with van der Waals surface area (Å²) < 4.78 is 0. The van der Waals surface area contributed by atoms with Crippen molar-refractivity contribution in [2.24, 2.45) is 0 Å². The lowest BCUT2D eigenvalue weighted by molar-refractivity contribution is 0.922. The van der Waals surface area contributed by atoms with Crippen LogP contribution in [0.3, 0.4) is 0 Å². The molecular weight excluding hydrogens is 208 g/mol. The molecule has 0 nitrogen and oxygen atoms in total. The van der Waals surface area contributed by atoms with Crippen LogP contribution in [-0.4, -0.2) is 22.0 Å². The zero-order valence-electron chi connectivity index (χ0n) is 9.37. The Morgan fingerprint density at radius 3 is 1.57 bits per heavy atom. The molecule has 2 heteroatoms. The molecule has 0 aliphatic carbocycles. The first kappa shape index (κ1) is 14.2. The van der Waals surface area contributed by atoms with Crippen LogP contribution in [0.15, 0.2) is 25.3 Å². The molecule has 0 aromatic rings. The lowest BCUT2D eigenvalue weighted by Gasteiger charge is -2.18. The Kier molecular flexibility index (Phi) is 9.85. The molecule has 0 heterocycles. The topological polar surface area (TPSA) is 0 Å². The molecule has 0 bridgehead atoms. The molecule has 0 spiro atoms. The van der Waals surface area contributed by atoms with E-state index >= 15 is 0 Å². The molecule has 0 rings (SSSR count). The molecule has 14 heavy (non-hydrogen) atoms. The first-order chi connectivity index (χ1) is 6.72. The SMILES string of the molecule is C=CCCSC(C)C(C)SCCC=C. The van der Waals surface area contributed by atoms with Gasteiger partial charge in [0.05, 0.1) is 0 Å². The van der Waals surface area contributed by atoms with Crippen LogP contribution in [0.4, 0.5) is 0 Å². The largest absolute Gasteiger partial charge is 0.157 e. The average Bonchev–Trinajstić information content (AvgIpc) is 2.18. The van der Waals surface area contributed by atoms with Crippen LogP contribution in [-0.2, 0) is 0 Å². The minimum atomic E-state index is 0.741. The van der Waals surface area contributed by atoms with Crippen molar-refractivity contribution in [3.63, 3.8) is 0 Å². The summed E-state index contributed by atoms with van der Waals surface area (Å²) in [6.07, 6.45) is 6.24. The predicted molar refractivity (Wildman–Crippen MR) is 73.5 cm³/mol. The molecule has 0 N–H and O–H groups in total. The first-order valence-electron chi connectivity index (χ1n) is 5.17. The normalized spacial score (nSPS) is 14.7. The number of thioether (sulfide) groups is 2. The van der Waals surface area contributed by atoms with E-state index in [1.807, 2.05) is 35.7 Å². The minimum absolute atomic E-state index is 0.741. The molecule has 0 radical (unpaired) electrons. The third-order valence-corrected chi connectivity index (χ3v) is 5.05. The standard InChI is InChI=1S/C12H22S2/c1-5-7-9-13-11(3)12(4)14-10-8-6-2/h5-6,11-12H,1-2,7-10H2,3-4H3. The molecule has 0 saturated heterocycles. The Bertz CT molecular complexity index is 136. The maximum absolute atomic E-state index is 3.73. The average molecular weight is 230 g/mol. The Balaban J connectivity index is 3.47. The van der Waals surface area contributed by atoms with Crippen molar-refractivity contribution >= 4 is 23.5 Å². The van der Waals surface area contributed by atoms with Crippen LogP contribution in [0.5, 0.6) is 0 Å². The van der Waals surface area contributed by atoms with Gasteiger partial charge in [0.15, 0.2) is 0 Å². The van der Waals surface area contributed by atoms with Crippen LogP contribution in [0.1, 0.15) is 26.7 Å². The Hall–Kier alpha value is 0.180. The van der Waals surface area contributed by atoms with Crippen LogP contribution in [0, 0.1) is 0 Å². The number of allylic oxidation sites excluding steroid dienone is 2. The summed E-state index contributed by atoms with van der Waals surface area (Å²) in [6.45, 7) is 12.1. The summed E-state index contributed by atoms with van der Waals surface area (Å²) in [5.41, 5.74) is 0. The molecule has 2 atom stereocenters. The molecule has 0 amide bonds. The van der Waals surface area contributed by atoms with Gasteiger partial charge in [0.1, 0.15) is 0 Å². The lowest BCUT2D eigenvalue weighted by Crippen LogP contribution is -2.13. The van der Waals surface area contributed by atoms with E-state index in [1.54, 1.807) is 0 Å². The van der Waals surface area contributed by atoms with Crippen molar-refractivity contribution in [3.8, 4) is 0 Å². The summed E-state index contributed by atoms with van der Waals surface area (Å²) >= 11 is 4.10. The van der Waals surface area contributed by atoms with Crippen LogP contribution < -0.4 is 0 Å². The fourth-order valence-electron chi connectivity index (χ4n) is 0.946. The van der Waals surface area contributed by atoms with Gasteiger partial charge in [-0.3, -0.25) is 0 Å². The monoisotopic (exact) mass is 230 g/mol. The molecule has 0 aliphatic heterocycles.